The van der Waals surface area contributed by atoms with Crippen LogP contribution in [0.4, 0.5) is 0 Å². The van der Waals surface area contributed by atoms with Gasteiger partial charge in [0.15, 0.2) is 0 Å². The summed E-state index contributed by atoms with van der Waals surface area (Å²) < 4.78 is 27.7. The first-order chi connectivity index (χ1) is 27.0. The van der Waals surface area contributed by atoms with Crippen molar-refractivity contribution in [3.63, 3.8) is 0 Å². The molecule has 65 heavy (non-hydrogen) atoms. The van der Waals surface area contributed by atoms with Crippen LogP contribution in [0.3, 0.4) is 0 Å². The van der Waals surface area contributed by atoms with Crippen LogP contribution in [0.1, 0.15) is 0 Å². The van der Waals surface area contributed by atoms with Crippen molar-refractivity contribution >= 4 is 936 Å². The summed E-state index contributed by atoms with van der Waals surface area (Å²) in [5.74, 6) is 0. The van der Waals surface area contributed by atoms with E-state index in [2.05, 4.69) is 881 Å². The lowest BCUT2D eigenvalue weighted by Gasteiger charge is -2.63. The van der Waals surface area contributed by atoms with E-state index in [4.69, 9.17) is 0 Å². The first-order valence-electron chi connectivity index (χ1n) is 13.2. The standard InChI is InChI=1S/C20HI41O3S/c21-1(22,3(25,26)5(29,30)7(33,34)9(37,38)11(41,42)13(45,46)15(49,50)17(53,54)19(57,58)59)2(23,24)4(27,28)6(31,32)8(35,36)10(39,40)12(43,44)14(47,48)16(51,52)18(55,56)20(60,61)65(62,63)64/h(H,62,63,64). The lowest BCUT2D eigenvalue weighted by Crippen LogP contribution is -2.74. The first-order valence-corrected chi connectivity index (χ1v) is 58.9. The van der Waals surface area contributed by atoms with Crippen molar-refractivity contribution in [3.05, 3.63) is 0 Å². The highest BCUT2D eigenvalue weighted by Gasteiger charge is 2.85. The van der Waals surface area contributed by atoms with E-state index < -0.39 is 22.3 Å². The minimum Gasteiger partial charge on any atom is -0.284 e. The molecule has 0 unspecified atom stereocenters. The van der Waals surface area contributed by atoms with Gasteiger partial charge in [0, 0.05) is 0 Å². The van der Waals surface area contributed by atoms with Gasteiger partial charge in [0.2, 0.25) is 0.760 Å². The van der Waals surface area contributed by atoms with Gasteiger partial charge in [0.05, 0.1) is 0 Å². The van der Waals surface area contributed by atoms with Crippen LogP contribution in [0.5, 0.6) is 0 Å². The third-order valence-electron chi connectivity index (χ3n) is 7.75. The molecule has 0 amide bonds. The molecule has 0 bridgehead atoms. The van der Waals surface area contributed by atoms with E-state index in [9.17, 15) is 13.0 Å². The van der Waals surface area contributed by atoms with Crippen LogP contribution in [0.25, 0.3) is 0 Å². The lowest BCUT2D eigenvalue weighted by molar-refractivity contribution is 0.477. The zero-order chi connectivity index (χ0) is 54.5. The van der Waals surface area contributed by atoms with Gasteiger partial charge in [0.25, 0.3) is 10.1 Å². The van der Waals surface area contributed by atoms with Gasteiger partial charge in [-0.1, -0.05) is 881 Å². The molecule has 0 rings (SSSR count). The van der Waals surface area contributed by atoms with Gasteiger partial charge >= 0.3 is 0 Å². The molecular formula is C20HI41O3S. The molecule has 0 aromatic carbocycles. The van der Waals surface area contributed by atoms with Crippen molar-refractivity contribution in [2.45, 2.75) is 25.9 Å². The normalized spacial score (nSPS) is 17.5. The number of halogens is 41. The van der Waals surface area contributed by atoms with E-state index >= 15 is 0 Å². The second kappa shape index (κ2) is 33.3. The van der Waals surface area contributed by atoms with Crippen LogP contribution < -0.4 is 0 Å². The zero-order valence-corrected chi connectivity index (χ0v) is 116. The molecule has 0 saturated heterocycles. The van der Waals surface area contributed by atoms with Crippen molar-refractivity contribution < 1.29 is 13.0 Å². The summed E-state index contributed by atoms with van der Waals surface area (Å²) in [5.41, 5.74) is 0. The average Bonchev–Trinajstić information content (AvgIpc) is 3.05. The Morgan fingerprint density at radius 1 is 0.185 bits per heavy atom. The van der Waals surface area contributed by atoms with Crippen LogP contribution in [-0.4, -0.2) is 38.9 Å². The molecule has 1 N–H and O–H groups in total. The quantitative estimate of drug-likeness (QED) is 0.0751. The largest absolute Gasteiger partial charge is 0.291 e. The average molecular weight is 5520 g/mol. The van der Waals surface area contributed by atoms with Gasteiger partial charge in [-0.05, 0) is 45.2 Å². The van der Waals surface area contributed by atoms with Crippen molar-refractivity contribution in [1.82, 2.24) is 0 Å². The van der Waals surface area contributed by atoms with E-state index in [1.54, 1.807) is 0 Å². The summed E-state index contributed by atoms with van der Waals surface area (Å²) in [7, 11) is -4.44. The second-order valence-electron chi connectivity index (χ2n) is 11.8. The Balaban J connectivity index is 8.05. The van der Waals surface area contributed by atoms with Gasteiger partial charge < -0.3 is 0 Å². The molecule has 0 aliphatic rings. The second-order valence-corrected chi connectivity index (χ2v) is 127. The fourth-order valence-electron chi connectivity index (χ4n) is 3.68. The summed E-state index contributed by atoms with van der Waals surface area (Å²) in [6.45, 7) is 0. The summed E-state index contributed by atoms with van der Waals surface area (Å²) in [4.78, 5) is 0. The molecule has 0 aliphatic carbocycles. The third kappa shape index (κ3) is 18.0. The Hall–Kier alpha value is 29.8. The summed E-state index contributed by atoms with van der Waals surface area (Å²) in [6.07, 6.45) is 0. The molecule has 0 spiro atoms. The van der Waals surface area contributed by atoms with Crippen molar-refractivity contribution in [1.29, 1.82) is 0 Å². The molecule has 3 nitrogen and oxygen atoms in total. The highest BCUT2D eigenvalue weighted by atomic mass is 127. The monoisotopic (exact) mass is 5520 g/mol. The molecular weight excluding hydrogens is 5520 g/mol. The Morgan fingerprint density at radius 3 is 0.369 bits per heavy atom. The third-order valence-corrected chi connectivity index (χ3v) is 156. The van der Waals surface area contributed by atoms with E-state index in [-0.39, 0.29) is 13.7 Å². The molecule has 0 aliphatic heterocycles. The summed E-state index contributed by atoms with van der Waals surface area (Å²) in [5, 5.41) is 0. The number of hydrogen-bond acceptors (Lipinski definition) is 2. The van der Waals surface area contributed by atoms with Crippen LogP contribution in [0.15, 0.2) is 0 Å². The van der Waals surface area contributed by atoms with Gasteiger partial charge in [-0.3, -0.25) is 4.55 Å². The number of rotatable bonds is 20. The number of alkyl halides is 41. The van der Waals surface area contributed by atoms with Crippen LogP contribution >= 0.6 is 926 Å². The molecule has 0 aromatic heterocycles. The maximum absolute atomic E-state index is 13.0. The molecule has 0 radical (unpaired) electrons. The van der Waals surface area contributed by atoms with Crippen LogP contribution in [0.2, 0.25) is 0 Å². The first kappa shape index (κ1) is 94.8. The molecule has 0 saturated carbocycles. The van der Waals surface area contributed by atoms with Gasteiger partial charge in [-0.25, -0.2) is 0 Å². The van der Waals surface area contributed by atoms with Crippen molar-refractivity contribution in [2.75, 3.05) is 0 Å². The summed E-state index contributed by atoms with van der Waals surface area (Å²) in [6, 6.07) is 0. The molecule has 45 heteroatoms. The Morgan fingerprint density at radius 2 is 0.277 bits per heavy atom. The lowest BCUT2D eigenvalue weighted by atomic mass is 10.0. The molecule has 0 atom stereocenters. The van der Waals surface area contributed by atoms with E-state index in [1.807, 2.05) is 45.2 Å². The highest BCUT2D eigenvalue weighted by Crippen LogP contribution is 2.86. The predicted octanol–water partition coefficient (Wildman–Crippen LogP) is 31.6. The van der Waals surface area contributed by atoms with E-state index in [0.717, 1.165) is 0 Å². The molecule has 392 valence electrons. The van der Waals surface area contributed by atoms with E-state index in [1.165, 1.54) is 0 Å². The van der Waals surface area contributed by atoms with Gasteiger partial charge in [-0.2, -0.15) is 8.42 Å². The van der Waals surface area contributed by atoms with Crippen molar-refractivity contribution in [3.8, 4) is 0 Å². The minimum atomic E-state index is -4.44. The molecule has 0 fully saturated rings. The van der Waals surface area contributed by atoms with Gasteiger partial charge in [0.1, 0.15) is 25.1 Å². The van der Waals surface area contributed by atoms with Gasteiger partial charge in [-0.15, -0.1) is 0 Å². The van der Waals surface area contributed by atoms with E-state index in [0.29, 0.717) is 0 Å². The predicted molar refractivity (Wildman–Crippen MR) is 641 cm³/mol. The van der Waals surface area contributed by atoms with Crippen LogP contribution in [-0.2, 0) is 10.1 Å². The maximum Gasteiger partial charge on any atom is 0.291 e. The molecule has 0 aromatic rings. The number of hydrogen-bond donors (Lipinski definition) is 1. The Kier molecular flexibility index (Phi) is 48.6. The zero-order valence-electron chi connectivity index (χ0n) is 27.2. The SMILES string of the molecule is O=S(=O)(O)C(I)(I)C(I)(I)C(I)(I)C(I)(I)C(I)(I)C(I)(I)C(I)(I)C(I)(I)C(I)(I)C(I)(I)C(I)(I)C(I)(I)C(I)(I)C(I)(I)C(I)(I)C(I)(I)C(I)(I)C(I)(I)C(I)(I)C(I)(I)I. The smallest absolute Gasteiger partial charge is 0.284 e. The highest BCUT2D eigenvalue weighted by molar-refractivity contribution is 14.3. The summed E-state index contributed by atoms with van der Waals surface area (Å²) >= 11 is 110. The van der Waals surface area contributed by atoms with Crippen LogP contribution in [0, 0.1) is 0 Å². The minimum absolute atomic E-state index is 0.0416. The Labute approximate surface area is 941 Å². The Bertz CT molecular complexity index is 1880. The fraction of sp³-hybridized carbons (Fsp3) is 1.00. The van der Waals surface area contributed by atoms with Crippen molar-refractivity contribution in [2.24, 2.45) is 0 Å². The fourth-order valence-corrected chi connectivity index (χ4v) is 73.9. The molecule has 0 heterocycles. The maximum atomic E-state index is 13.0. The topological polar surface area (TPSA) is 54.4 Å².